The van der Waals surface area contributed by atoms with Gasteiger partial charge in [-0.3, -0.25) is 4.79 Å². The number of nitrogens with one attached hydrogen (secondary N) is 3. The predicted octanol–water partition coefficient (Wildman–Crippen LogP) is 5.87. The Morgan fingerprint density at radius 2 is 1.47 bits per heavy atom. The Hall–Kier alpha value is -3.60. The van der Waals surface area contributed by atoms with Gasteiger partial charge in [0.2, 0.25) is 5.91 Å². The van der Waals surface area contributed by atoms with Gasteiger partial charge in [0.05, 0.1) is 0 Å². The van der Waals surface area contributed by atoms with Gasteiger partial charge in [-0.05, 0) is 48.1 Å². The fourth-order valence-electron chi connectivity index (χ4n) is 4.08. The molecule has 34 heavy (non-hydrogen) atoms. The molecule has 2 atom stereocenters. The first-order valence-electron chi connectivity index (χ1n) is 12.0. The highest BCUT2D eigenvalue weighted by Crippen LogP contribution is 2.27. The summed E-state index contributed by atoms with van der Waals surface area (Å²) in [7, 11) is 0. The lowest BCUT2D eigenvalue weighted by molar-refractivity contribution is -0.124. The van der Waals surface area contributed by atoms with E-state index >= 15 is 0 Å². The Kier molecular flexibility index (Phi) is 9.27. The molecule has 0 heterocycles. The molecule has 0 fully saturated rings. The summed E-state index contributed by atoms with van der Waals surface area (Å²) in [5.41, 5.74) is 4.20. The zero-order valence-corrected chi connectivity index (χ0v) is 20.3. The van der Waals surface area contributed by atoms with Crippen LogP contribution in [0.4, 0.5) is 10.5 Å². The molecule has 0 bridgehead atoms. The Morgan fingerprint density at radius 1 is 0.853 bits per heavy atom. The zero-order chi connectivity index (χ0) is 24.3. The summed E-state index contributed by atoms with van der Waals surface area (Å²) >= 11 is 0. The van der Waals surface area contributed by atoms with Crippen molar-refractivity contribution in [3.05, 3.63) is 102 Å². The summed E-state index contributed by atoms with van der Waals surface area (Å²) in [6.07, 6.45) is 1.54. The molecule has 0 radical (unpaired) electrons. The number of amides is 3. The van der Waals surface area contributed by atoms with Crippen LogP contribution in [0.25, 0.3) is 0 Å². The van der Waals surface area contributed by atoms with E-state index in [2.05, 4.69) is 40.2 Å². The lowest BCUT2D eigenvalue weighted by Crippen LogP contribution is -2.51. The summed E-state index contributed by atoms with van der Waals surface area (Å²) in [4.78, 5) is 25.7. The summed E-state index contributed by atoms with van der Waals surface area (Å²) in [5, 5.41) is 8.77. The van der Waals surface area contributed by atoms with Crippen molar-refractivity contribution in [3.63, 3.8) is 0 Å². The van der Waals surface area contributed by atoms with Crippen LogP contribution in [-0.4, -0.2) is 24.5 Å². The highest BCUT2D eigenvalue weighted by atomic mass is 16.2. The number of hydrogen-bond donors (Lipinski definition) is 3. The Balaban J connectivity index is 1.62. The van der Waals surface area contributed by atoms with E-state index < -0.39 is 6.04 Å². The van der Waals surface area contributed by atoms with Crippen molar-refractivity contribution >= 4 is 17.6 Å². The molecular weight excluding hydrogens is 422 g/mol. The normalized spacial score (nSPS) is 12.6. The summed E-state index contributed by atoms with van der Waals surface area (Å²) in [5.74, 6) is 0.0262. The average molecular weight is 458 g/mol. The third-order valence-electron chi connectivity index (χ3n) is 6.19. The van der Waals surface area contributed by atoms with Crippen molar-refractivity contribution in [2.24, 2.45) is 5.92 Å². The second-order valence-electron chi connectivity index (χ2n) is 8.78. The van der Waals surface area contributed by atoms with Crippen molar-refractivity contribution in [3.8, 4) is 0 Å². The van der Waals surface area contributed by atoms with Crippen LogP contribution in [0.15, 0.2) is 84.9 Å². The van der Waals surface area contributed by atoms with E-state index in [1.807, 2.05) is 81.4 Å². The van der Waals surface area contributed by atoms with E-state index in [4.69, 9.17) is 0 Å². The molecule has 0 aromatic heterocycles. The molecule has 3 aromatic rings. The van der Waals surface area contributed by atoms with Gasteiger partial charge in [-0.15, -0.1) is 0 Å². The van der Waals surface area contributed by atoms with Crippen LogP contribution in [0.1, 0.15) is 49.3 Å². The maximum absolute atomic E-state index is 13.1. The number of benzene rings is 3. The smallest absolute Gasteiger partial charge is 0.319 e. The lowest BCUT2D eigenvalue weighted by atomic mass is 9.88. The van der Waals surface area contributed by atoms with Crippen LogP contribution in [0.3, 0.4) is 0 Å². The number of anilines is 1. The Bertz CT molecular complexity index is 1010. The molecule has 2 unspecified atom stereocenters. The van der Waals surface area contributed by atoms with Crippen LogP contribution in [0, 0.1) is 12.8 Å². The quantitative estimate of drug-likeness (QED) is 0.356. The first-order chi connectivity index (χ1) is 16.5. The van der Waals surface area contributed by atoms with Crippen molar-refractivity contribution in [1.82, 2.24) is 10.6 Å². The molecule has 5 nitrogen and oxygen atoms in total. The maximum atomic E-state index is 13.1. The van der Waals surface area contributed by atoms with E-state index in [-0.39, 0.29) is 23.8 Å². The molecule has 0 saturated carbocycles. The minimum atomic E-state index is -0.610. The standard InChI is InChI=1S/C29H35N3O2/c1-4-22(3)27(32-29(34)31-25-17-11-12-21(2)20-25)28(33)30-19-18-26(23-13-7-5-8-14-23)24-15-9-6-10-16-24/h5-17,20,22,26-27H,4,18-19H2,1-3H3,(H,30,33)(H2,31,32,34). The summed E-state index contributed by atoms with van der Waals surface area (Å²) in [6.45, 7) is 6.48. The van der Waals surface area contributed by atoms with E-state index in [9.17, 15) is 9.59 Å². The van der Waals surface area contributed by atoms with Crippen molar-refractivity contribution in [2.75, 3.05) is 11.9 Å². The monoisotopic (exact) mass is 457 g/mol. The van der Waals surface area contributed by atoms with Gasteiger partial charge >= 0.3 is 6.03 Å². The molecule has 0 aliphatic rings. The third-order valence-corrected chi connectivity index (χ3v) is 6.19. The van der Waals surface area contributed by atoms with Gasteiger partial charge in [0.1, 0.15) is 6.04 Å². The van der Waals surface area contributed by atoms with Crippen molar-refractivity contribution < 1.29 is 9.59 Å². The molecule has 3 rings (SSSR count). The van der Waals surface area contributed by atoms with Crippen molar-refractivity contribution in [1.29, 1.82) is 0 Å². The topological polar surface area (TPSA) is 70.2 Å². The molecule has 3 N–H and O–H groups in total. The van der Waals surface area contributed by atoms with E-state index in [0.717, 1.165) is 18.4 Å². The Morgan fingerprint density at radius 3 is 2.03 bits per heavy atom. The van der Waals surface area contributed by atoms with E-state index in [1.165, 1.54) is 11.1 Å². The van der Waals surface area contributed by atoms with E-state index in [1.54, 1.807) is 0 Å². The van der Waals surface area contributed by atoms with Gasteiger partial charge in [0.15, 0.2) is 0 Å². The van der Waals surface area contributed by atoms with Gasteiger partial charge in [-0.25, -0.2) is 4.79 Å². The zero-order valence-electron chi connectivity index (χ0n) is 20.3. The maximum Gasteiger partial charge on any atom is 0.319 e. The van der Waals surface area contributed by atoms with Crippen LogP contribution in [0.2, 0.25) is 0 Å². The number of urea groups is 1. The second kappa shape index (κ2) is 12.6. The first-order valence-corrected chi connectivity index (χ1v) is 12.0. The van der Waals surface area contributed by atoms with Gasteiger partial charge in [0, 0.05) is 18.2 Å². The summed E-state index contributed by atoms with van der Waals surface area (Å²) in [6, 6.07) is 27.3. The van der Waals surface area contributed by atoms with Crippen LogP contribution < -0.4 is 16.0 Å². The number of hydrogen-bond acceptors (Lipinski definition) is 2. The SMILES string of the molecule is CCC(C)C(NC(=O)Nc1cccc(C)c1)C(=O)NCCC(c1ccccc1)c1ccccc1. The molecule has 178 valence electrons. The van der Waals surface area contributed by atoms with Gasteiger partial charge in [0.25, 0.3) is 0 Å². The minimum Gasteiger partial charge on any atom is -0.354 e. The molecule has 0 saturated heterocycles. The molecular formula is C29H35N3O2. The highest BCUT2D eigenvalue weighted by Gasteiger charge is 2.26. The number of aryl methyl sites for hydroxylation is 1. The number of carbonyl (C=O) groups excluding carboxylic acids is 2. The minimum absolute atomic E-state index is 0.00213. The lowest BCUT2D eigenvalue weighted by Gasteiger charge is -2.24. The molecule has 0 aliphatic carbocycles. The van der Waals surface area contributed by atoms with Crippen LogP contribution in [0.5, 0.6) is 0 Å². The second-order valence-corrected chi connectivity index (χ2v) is 8.78. The molecule has 3 amide bonds. The van der Waals surface area contributed by atoms with Crippen molar-refractivity contribution in [2.45, 2.75) is 45.6 Å². The number of rotatable bonds is 10. The molecule has 0 spiro atoms. The van der Waals surface area contributed by atoms with E-state index in [0.29, 0.717) is 12.2 Å². The fraction of sp³-hybridized carbons (Fsp3) is 0.310. The van der Waals surface area contributed by atoms with Gasteiger partial charge < -0.3 is 16.0 Å². The summed E-state index contributed by atoms with van der Waals surface area (Å²) < 4.78 is 0. The molecule has 5 heteroatoms. The number of carbonyl (C=O) groups is 2. The van der Waals surface area contributed by atoms with Gasteiger partial charge in [-0.2, -0.15) is 0 Å². The van der Waals surface area contributed by atoms with Crippen LogP contribution >= 0.6 is 0 Å². The molecule has 0 aliphatic heterocycles. The molecule has 3 aromatic carbocycles. The Labute approximate surface area is 203 Å². The highest BCUT2D eigenvalue weighted by molar-refractivity contribution is 5.93. The third kappa shape index (κ3) is 7.20. The first kappa shape index (κ1) is 25.0. The largest absolute Gasteiger partial charge is 0.354 e. The van der Waals surface area contributed by atoms with Crippen LogP contribution in [-0.2, 0) is 4.79 Å². The average Bonchev–Trinajstić information content (AvgIpc) is 2.85. The fourth-order valence-corrected chi connectivity index (χ4v) is 4.08. The predicted molar refractivity (Wildman–Crippen MR) is 139 cm³/mol. The van der Waals surface area contributed by atoms with Gasteiger partial charge in [-0.1, -0.05) is 93.1 Å².